The van der Waals surface area contributed by atoms with Crippen LogP contribution in [0, 0.1) is 6.92 Å². The topological polar surface area (TPSA) is 33.0 Å². The summed E-state index contributed by atoms with van der Waals surface area (Å²) < 4.78 is 39.4. The predicted molar refractivity (Wildman–Crippen MR) is 86.9 cm³/mol. The summed E-state index contributed by atoms with van der Waals surface area (Å²) in [4.78, 5) is 11.8. The normalized spacial score (nSPS) is 10.7. The molecule has 1 amide bonds. The number of halogens is 4. The largest absolute Gasteiger partial charge is 0.416 e. The van der Waals surface area contributed by atoms with Crippen LogP contribution in [-0.4, -0.2) is 5.91 Å². The molecule has 3 nitrogen and oxygen atoms in total. The average Bonchev–Trinajstić information content (AvgIpc) is 2.37. The third kappa shape index (κ3) is 5.28. The first kappa shape index (κ1) is 18.4. The molecule has 7 heteroatoms. The molecule has 0 aliphatic heterocycles. The van der Waals surface area contributed by atoms with Crippen molar-refractivity contribution >= 4 is 35.6 Å². The maximum atomic E-state index is 12.6. The molecule has 118 valence electrons. The number of amides is 1. The molecule has 2 rings (SSSR count). The summed E-state index contributed by atoms with van der Waals surface area (Å²) in [6, 6.07) is 8.25. The van der Waals surface area contributed by atoms with E-state index >= 15 is 0 Å². The Hall–Kier alpha value is -1.64. The highest BCUT2D eigenvalue weighted by molar-refractivity contribution is 14.0. The summed E-state index contributed by atoms with van der Waals surface area (Å²) in [5.74, 6) is -0.384. The number of hydrogen-bond acceptors (Lipinski definition) is 1. The first-order valence-electron chi connectivity index (χ1n) is 6.27. The molecule has 1 heterocycles. The number of rotatable bonds is 3. The third-order valence-corrected chi connectivity index (χ3v) is 2.81. The quantitative estimate of drug-likeness (QED) is 0.595. The van der Waals surface area contributed by atoms with E-state index in [2.05, 4.69) is 5.32 Å². The second-order valence-corrected chi connectivity index (χ2v) is 4.68. The van der Waals surface area contributed by atoms with Gasteiger partial charge in [-0.2, -0.15) is 17.7 Å². The molecule has 0 fully saturated rings. The molecule has 0 bridgehead atoms. The Labute approximate surface area is 143 Å². The van der Waals surface area contributed by atoms with Crippen LogP contribution in [-0.2, 0) is 17.5 Å². The van der Waals surface area contributed by atoms with Crippen LogP contribution in [0.3, 0.4) is 0 Å². The molecule has 0 saturated carbocycles. The Morgan fingerprint density at radius 3 is 2.59 bits per heavy atom. The van der Waals surface area contributed by atoms with Crippen molar-refractivity contribution in [3.63, 3.8) is 0 Å². The first-order valence-corrected chi connectivity index (χ1v) is 6.27. The van der Waals surface area contributed by atoms with Crippen molar-refractivity contribution in [3.8, 4) is 0 Å². The Morgan fingerprint density at radius 1 is 1.23 bits per heavy atom. The zero-order chi connectivity index (χ0) is 15.5. The highest BCUT2D eigenvalue weighted by Gasteiger charge is 2.30. The van der Waals surface area contributed by atoms with Gasteiger partial charge in [0.15, 0.2) is 12.4 Å². The number of benzene rings is 1. The lowest BCUT2D eigenvalue weighted by Gasteiger charge is -2.09. The zero-order valence-electron chi connectivity index (χ0n) is 11.7. The molecule has 1 N–H and O–H groups in total. The van der Waals surface area contributed by atoms with Gasteiger partial charge in [-0.05, 0) is 31.2 Å². The minimum atomic E-state index is -4.42. The van der Waals surface area contributed by atoms with Gasteiger partial charge in [0.25, 0.3) is 5.91 Å². The Kier molecular flexibility index (Phi) is 6.34. The van der Waals surface area contributed by atoms with Gasteiger partial charge in [0.1, 0.15) is 0 Å². The summed E-state index contributed by atoms with van der Waals surface area (Å²) in [5.41, 5.74) is 0.330. The van der Waals surface area contributed by atoms with Crippen LogP contribution < -0.4 is 9.88 Å². The van der Waals surface area contributed by atoms with E-state index in [1.54, 1.807) is 23.0 Å². The summed E-state index contributed by atoms with van der Waals surface area (Å²) in [6.45, 7) is 1.93. The van der Waals surface area contributed by atoms with Gasteiger partial charge in [0.05, 0.1) is 5.56 Å². The van der Waals surface area contributed by atoms with Crippen molar-refractivity contribution < 1.29 is 22.5 Å². The lowest BCUT2D eigenvalue weighted by molar-refractivity contribution is -0.684. The standard InChI is InChI=1S/C15H13F3N2O.HI/c1-11-4-3-7-20(9-11)10-14(21)19-13-6-2-5-12(8-13)15(16,17)18;/h2-9H,10H2,1H3;1H/p+1. The number of aromatic nitrogens is 1. The van der Waals surface area contributed by atoms with Crippen LogP contribution >= 0.6 is 24.0 Å². The second kappa shape index (κ2) is 7.57. The first-order chi connectivity index (χ1) is 9.84. The number of pyridine rings is 1. The predicted octanol–water partition coefficient (Wildman–Crippen LogP) is 3.56. The maximum Gasteiger partial charge on any atom is 0.416 e. The lowest BCUT2D eigenvalue weighted by atomic mass is 10.2. The number of aryl methyl sites for hydroxylation is 1. The third-order valence-electron chi connectivity index (χ3n) is 2.81. The second-order valence-electron chi connectivity index (χ2n) is 4.68. The molecule has 0 spiro atoms. The van der Waals surface area contributed by atoms with E-state index in [9.17, 15) is 18.0 Å². The van der Waals surface area contributed by atoms with E-state index in [0.717, 1.165) is 17.7 Å². The van der Waals surface area contributed by atoms with Crippen molar-refractivity contribution in [2.24, 2.45) is 0 Å². The molecule has 0 radical (unpaired) electrons. The minimum absolute atomic E-state index is 0. The van der Waals surface area contributed by atoms with E-state index in [1.165, 1.54) is 12.1 Å². The van der Waals surface area contributed by atoms with Gasteiger partial charge in [0, 0.05) is 17.3 Å². The van der Waals surface area contributed by atoms with Crippen molar-refractivity contribution in [2.45, 2.75) is 19.6 Å². The van der Waals surface area contributed by atoms with Crippen LogP contribution in [0.15, 0.2) is 48.8 Å². The summed E-state index contributed by atoms with van der Waals surface area (Å²) in [7, 11) is 0. The number of hydrogen-bond donors (Lipinski definition) is 1. The van der Waals surface area contributed by atoms with Gasteiger partial charge in [-0.25, -0.2) is 0 Å². The van der Waals surface area contributed by atoms with Gasteiger partial charge in [-0.3, -0.25) is 4.79 Å². The number of carbonyl (C=O) groups is 1. The molecule has 1 aromatic heterocycles. The summed E-state index contributed by atoms with van der Waals surface area (Å²) in [6.07, 6.45) is -0.920. The Balaban J connectivity index is 0.00000242. The number of carbonyl (C=O) groups excluding carboxylic acids is 1. The van der Waals surface area contributed by atoms with E-state index in [-0.39, 0.29) is 42.1 Å². The Morgan fingerprint density at radius 2 is 1.95 bits per heavy atom. The number of alkyl halides is 3. The van der Waals surface area contributed by atoms with E-state index < -0.39 is 11.7 Å². The van der Waals surface area contributed by atoms with Crippen LogP contribution in [0.4, 0.5) is 18.9 Å². The van der Waals surface area contributed by atoms with Gasteiger partial charge >= 0.3 is 6.18 Å². The average molecular weight is 423 g/mol. The highest BCUT2D eigenvalue weighted by atomic mass is 127. The van der Waals surface area contributed by atoms with Gasteiger partial charge in [-0.1, -0.05) is 6.07 Å². The lowest BCUT2D eigenvalue weighted by Crippen LogP contribution is -2.39. The molecule has 22 heavy (non-hydrogen) atoms. The highest BCUT2D eigenvalue weighted by Crippen LogP contribution is 2.30. The summed E-state index contributed by atoms with van der Waals surface area (Å²) >= 11 is 0. The molecule has 0 aliphatic rings. The van der Waals surface area contributed by atoms with E-state index in [0.29, 0.717) is 0 Å². The molecule has 2 aromatic rings. The monoisotopic (exact) mass is 423 g/mol. The molecule has 0 atom stereocenters. The molecule has 0 unspecified atom stereocenters. The van der Waals surface area contributed by atoms with Crippen molar-refractivity contribution in [2.75, 3.05) is 5.32 Å². The fraction of sp³-hybridized carbons (Fsp3) is 0.200. The molecular weight excluding hydrogens is 408 g/mol. The Bertz CT molecular complexity index is 659. The van der Waals surface area contributed by atoms with Gasteiger partial charge < -0.3 is 5.32 Å². The summed E-state index contributed by atoms with van der Waals surface area (Å²) in [5, 5.41) is 2.46. The van der Waals surface area contributed by atoms with Crippen molar-refractivity contribution in [3.05, 3.63) is 59.9 Å². The number of nitrogens with zero attached hydrogens (tertiary/aromatic N) is 1. The van der Waals surface area contributed by atoms with Crippen LogP contribution in [0.2, 0.25) is 0 Å². The smallest absolute Gasteiger partial charge is 0.321 e. The van der Waals surface area contributed by atoms with Crippen LogP contribution in [0.5, 0.6) is 0 Å². The van der Waals surface area contributed by atoms with Crippen molar-refractivity contribution in [1.29, 1.82) is 0 Å². The fourth-order valence-electron chi connectivity index (χ4n) is 1.89. The number of nitrogens with one attached hydrogen (secondary N) is 1. The molecular formula is C15H15F3IN2O+. The maximum absolute atomic E-state index is 12.6. The molecule has 1 aromatic carbocycles. The van der Waals surface area contributed by atoms with E-state index in [4.69, 9.17) is 0 Å². The van der Waals surface area contributed by atoms with Gasteiger partial charge in [-0.15, -0.1) is 24.0 Å². The number of anilines is 1. The van der Waals surface area contributed by atoms with E-state index in [1.807, 2.05) is 13.0 Å². The fourth-order valence-corrected chi connectivity index (χ4v) is 1.89. The van der Waals surface area contributed by atoms with Crippen molar-refractivity contribution in [1.82, 2.24) is 0 Å². The zero-order valence-corrected chi connectivity index (χ0v) is 14.1. The molecule has 0 saturated heterocycles. The van der Waals surface area contributed by atoms with Crippen LogP contribution in [0.1, 0.15) is 11.1 Å². The van der Waals surface area contributed by atoms with Crippen LogP contribution in [0.25, 0.3) is 0 Å². The minimum Gasteiger partial charge on any atom is -0.321 e. The van der Waals surface area contributed by atoms with Gasteiger partial charge in [0.2, 0.25) is 6.54 Å². The molecule has 0 aliphatic carbocycles. The SMILES string of the molecule is Cc1ccc[n+](CC(=O)Nc2cccc(C(F)(F)F)c2)c1.I.